The van der Waals surface area contributed by atoms with Crippen molar-refractivity contribution >= 4 is 27.6 Å². The number of hydrogen-bond acceptors (Lipinski definition) is 4. The highest BCUT2D eigenvalue weighted by atomic mass is 32.2. The number of nitrogens with one attached hydrogen (secondary N) is 1. The molecule has 8 heteroatoms. The van der Waals surface area contributed by atoms with Crippen molar-refractivity contribution in [1.29, 1.82) is 0 Å². The van der Waals surface area contributed by atoms with E-state index in [1.165, 1.54) is 4.31 Å². The first-order valence-corrected chi connectivity index (χ1v) is 13.2. The molecule has 1 aliphatic heterocycles. The van der Waals surface area contributed by atoms with Gasteiger partial charge in [-0.25, -0.2) is 8.42 Å². The number of carboxylic acids is 1. The Morgan fingerprint density at radius 3 is 2.17 bits per heavy atom. The van der Waals surface area contributed by atoms with E-state index >= 15 is 0 Å². The van der Waals surface area contributed by atoms with Gasteiger partial charge in [0.25, 0.3) is 10.0 Å². The minimum absolute atomic E-state index is 0.0729. The summed E-state index contributed by atoms with van der Waals surface area (Å²) in [7, 11) is -3.99. The molecule has 0 aliphatic carbocycles. The highest BCUT2D eigenvalue weighted by Crippen LogP contribution is 2.37. The van der Waals surface area contributed by atoms with Crippen molar-refractivity contribution in [3.05, 3.63) is 95.1 Å². The van der Waals surface area contributed by atoms with Crippen LogP contribution in [0.25, 0.3) is 0 Å². The molecular weight excluding hydrogens is 476 g/mol. The molecule has 2 N–H and O–H groups in total. The molecule has 188 valence electrons. The number of aliphatic carboxylic acids is 1. The standard InChI is InChI=1S/C28H30N2O5S/c1-28(2,3)22-12-14-23(15-13-22)36(34,35)30-24-7-5-4-6-21(24)17-25(30)27(33)29-18-20-10-8-19(9-11-20)16-26(31)32/h4-15,25H,16-18H2,1-3H3,(H,29,33)(H,31,32)/t25-/m0/s1. The molecule has 1 aliphatic rings. The van der Waals surface area contributed by atoms with Crippen LogP contribution in [0.3, 0.4) is 0 Å². The van der Waals surface area contributed by atoms with Gasteiger partial charge in [0.1, 0.15) is 6.04 Å². The molecule has 3 aromatic rings. The van der Waals surface area contributed by atoms with Crippen LogP contribution in [-0.4, -0.2) is 31.4 Å². The highest BCUT2D eigenvalue weighted by molar-refractivity contribution is 7.93. The van der Waals surface area contributed by atoms with Gasteiger partial charge in [-0.1, -0.05) is 75.4 Å². The van der Waals surface area contributed by atoms with Crippen molar-refractivity contribution in [1.82, 2.24) is 5.32 Å². The van der Waals surface area contributed by atoms with Crippen LogP contribution in [0.2, 0.25) is 0 Å². The molecule has 0 aromatic heterocycles. The third-order valence-electron chi connectivity index (χ3n) is 6.35. The fourth-order valence-corrected chi connectivity index (χ4v) is 6.00. The maximum absolute atomic E-state index is 13.8. The number of hydrogen-bond donors (Lipinski definition) is 2. The summed E-state index contributed by atoms with van der Waals surface area (Å²) in [6.45, 7) is 6.39. The summed E-state index contributed by atoms with van der Waals surface area (Å²) < 4.78 is 28.8. The summed E-state index contributed by atoms with van der Waals surface area (Å²) in [5.41, 5.74) is 3.67. The lowest BCUT2D eigenvalue weighted by molar-refractivity contribution is -0.136. The number of para-hydroxylation sites is 1. The summed E-state index contributed by atoms with van der Waals surface area (Å²) in [6, 6.07) is 20.0. The second-order valence-electron chi connectivity index (χ2n) is 10.0. The summed E-state index contributed by atoms with van der Waals surface area (Å²) >= 11 is 0. The molecule has 1 atom stereocenters. The van der Waals surface area contributed by atoms with Crippen molar-refractivity contribution in [3.8, 4) is 0 Å². The molecule has 0 unspecified atom stereocenters. The smallest absolute Gasteiger partial charge is 0.307 e. The van der Waals surface area contributed by atoms with Gasteiger partial charge in [-0.15, -0.1) is 0 Å². The van der Waals surface area contributed by atoms with E-state index in [0.29, 0.717) is 11.3 Å². The molecule has 36 heavy (non-hydrogen) atoms. The van der Waals surface area contributed by atoms with E-state index < -0.39 is 27.9 Å². The van der Waals surface area contributed by atoms with Crippen LogP contribution in [0.4, 0.5) is 5.69 Å². The van der Waals surface area contributed by atoms with Gasteiger partial charge in [0.15, 0.2) is 0 Å². The van der Waals surface area contributed by atoms with Crippen molar-refractivity contribution < 1.29 is 23.1 Å². The Kier molecular flexibility index (Phi) is 6.91. The Balaban J connectivity index is 1.57. The van der Waals surface area contributed by atoms with Crippen molar-refractivity contribution in [2.45, 2.75) is 56.5 Å². The van der Waals surface area contributed by atoms with Gasteiger partial charge in [-0.05, 0) is 45.9 Å². The normalized spacial score (nSPS) is 15.4. The molecule has 7 nitrogen and oxygen atoms in total. The van der Waals surface area contributed by atoms with Gasteiger partial charge < -0.3 is 10.4 Å². The lowest BCUT2D eigenvalue weighted by Gasteiger charge is -2.27. The molecule has 0 bridgehead atoms. The first kappa shape index (κ1) is 25.4. The molecule has 4 rings (SSSR count). The van der Waals surface area contributed by atoms with E-state index in [1.807, 2.05) is 24.3 Å². The van der Waals surface area contributed by atoms with Crippen LogP contribution in [0.1, 0.15) is 43.0 Å². The lowest BCUT2D eigenvalue weighted by atomic mass is 9.87. The first-order chi connectivity index (χ1) is 17.0. The number of sulfonamides is 1. The zero-order chi connectivity index (χ0) is 26.1. The predicted molar refractivity (Wildman–Crippen MR) is 138 cm³/mol. The predicted octanol–water partition coefficient (Wildman–Crippen LogP) is 4.05. The van der Waals surface area contributed by atoms with E-state index in [2.05, 4.69) is 26.1 Å². The Bertz CT molecular complexity index is 1370. The highest BCUT2D eigenvalue weighted by Gasteiger charge is 2.42. The number of fused-ring (bicyclic) bond motifs is 1. The number of rotatable bonds is 7. The van der Waals surface area contributed by atoms with Crippen molar-refractivity contribution in [2.24, 2.45) is 0 Å². The van der Waals surface area contributed by atoms with Gasteiger partial charge in [-0.2, -0.15) is 0 Å². The summed E-state index contributed by atoms with van der Waals surface area (Å²) in [5, 5.41) is 11.8. The van der Waals surface area contributed by atoms with E-state index in [-0.39, 0.29) is 29.7 Å². The minimum atomic E-state index is -3.99. The summed E-state index contributed by atoms with van der Waals surface area (Å²) in [6.07, 6.45) is 0.204. The number of carbonyl (C=O) groups excluding carboxylic acids is 1. The molecule has 0 fully saturated rings. The topological polar surface area (TPSA) is 104 Å². The molecule has 1 amide bonds. The average molecular weight is 507 g/mol. The number of nitrogens with zero attached hydrogens (tertiary/aromatic N) is 1. The second kappa shape index (κ2) is 9.78. The van der Waals surface area contributed by atoms with E-state index in [0.717, 1.165) is 16.7 Å². The zero-order valence-electron chi connectivity index (χ0n) is 20.6. The van der Waals surface area contributed by atoms with Gasteiger partial charge in [0.05, 0.1) is 17.0 Å². The largest absolute Gasteiger partial charge is 0.481 e. The Labute approximate surface area is 211 Å². The molecule has 0 saturated heterocycles. The van der Waals surface area contributed by atoms with Crippen LogP contribution in [-0.2, 0) is 44.4 Å². The van der Waals surface area contributed by atoms with Crippen LogP contribution >= 0.6 is 0 Å². The molecule has 0 radical (unpaired) electrons. The maximum atomic E-state index is 13.8. The average Bonchev–Trinajstić information content (AvgIpc) is 3.23. The monoisotopic (exact) mass is 506 g/mol. The quantitative estimate of drug-likeness (QED) is 0.503. The molecular formula is C28H30N2O5S. The first-order valence-electron chi connectivity index (χ1n) is 11.8. The van der Waals surface area contributed by atoms with Crippen LogP contribution in [0, 0.1) is 0 Å². The fraction of sp³-hybridized carbons (Fsp3) is 0.286. The van der Waals surface area contributed by atoms with Gasteiger partial charge >= 0.3 is 5.97 Å². The SMILES string of the molecule is CC(C)(C)c1ccc(S(=O)(=O)N2c3ccccc3C[C@H]2C(=O)NCc2ccc(CC(=O)O)cc2)cc1. The number of carboxylic acid groups (broad SMARTS) is 1. The van der Waals surface area contributed by atoms with Crippen LogP contribution < -0.4 is 9.62 Å². The van der Waals surface area contributed by atoms with E-state index in [4.69, 9.17) is 5.11 Å². The van der Waals surface area contributed by atoms with Crippen molar-refractivity contribution in [3.63, 3.8) is 0 Å². The van der Waals surface area contributed by atoms with Crippen LogP contribution in [0.15, 0.2) is 77.7 Å². The molecule has 0 spiro atoms. The number of amides is 1. The zero-order valence-corrected chi connectivity index (χ0v) is 21.4. The Hall–Kier alpha value is -3.65. The Morgan fingerprint density at radius 2 is 1.56 bits per heavy atom. The lowest BCUT2D eigenvalue weighted by Crippen LogP contribution is -2.47. The van der Waals surface area contributed by atoms with Gasteiger partial charge in [0.2, 0.25) is 5.91 Å². The summed E-state index contributed by atoms with van der Waals surface area (Å²) in [4.78, 5) is 24.3. The number of carbonyl (C=O) groups is 2. The van der Waals surface area contributed by atoms with Crippen LogP contribution in [0.5, 0.6) is 0 Å². The third-order valence-corrected chi connectivity index (χ3v) is 8.19. The number of anilines is 1. The van der Waals surface area contributed by atoms with Gasteiger partial charge in [-0.3, -0.25) is 13.9 Å². The molecule has 1 heterocycles. The second-order valence-corrected chi connectivity index (χ2v) is 11.8. The third kappa shape index (κ3) is 5.28. The molecule has 0 saturated carbocycles. The minimum Gasteiger partial charge on any atom is -0.481 e. The maximum Gasteiger partial charge on any atom is 0.307 e. The fourth-order valence-electron chi connectivity index (χ4n) is 4.35. The Morgan fingerprint density at radius 1 is 0.944 bits per heavy atom. The van der Waals surface area contributed by atoms with Gasteiger partial charge in [0, 0.05) is 13.0 Å². The van der Waals surface area contributed by atoms with E-state index in [1.54, 1.807) is 48.5 Å². The molecule has 3 aromatic carbocycles. The van der Waals surface area contributed by atoms with Crippen molar-refractivity contribution in [2.75, 3.05) is 4.31 Å². The summed E-state index contributed by atoms with van der Waals surface area (Å²) in [5.74, 6) is -1.30. The van der Waals surface area contributed by atoms with E-state index in [9.17, 15) is 18.0 Å². The number of benzene rings is 3.